The van der Waals surface area contributed by atoms with Crippen LogP contribution in [0.3, 0.4) is 0 Å². The normalized spacial score (nSPS) is 13.2. The average Bonchev–Trinajstić information content (AvgIpc) is 3.49. The lowest BCUT2D eigenvalue weighted by Gasteiger charge is -2.19. The first-order chi connectivity index (χ1) is 15.6. The zero-order valence-electron chi connectivity index (χ0n) is 18.2. The number of carbonyl (C=O) groups excluding carboxylic acids is 2. The highest BCUT2D eigenvalue weighted by molar-refractivity contribution is 7.98. The maximum absolute atomic E-state index is 12.7. The molecule has 1 N–H and O–H groups in total. The summed E-state index contributed by atoms with van der Waals surface area (Å²) in [5, 5.41) is 3.50. The third kappa shape index (κ3) is 4.80. The number of ether oxygens (including phenoxy) is 1. The molecule has 0 aliphatic carbocycles. The molecule has 4 rings (SSSR count). The van der Waals surface area contributed by atoms with Crippen LogP contribution in [0.2, 0.25) is 0 Å². The lowest BCUT2D eigenvalue weighted by atomic mass is 10.1. The van der Waals surface area contributed by atoms with Gasteiger partial charge in [0.25, 0.3) is 5.91 Å². The summed E-state index contributed by atoms with van der Waals surface area (Å²) in [7, 11) is 0. The van der Waals surface area contributed by atoms with E-state index in [1.807, 2.05) is 55.6 Å². The van der Waals surface area contributed by atoms with Crippen LogP contribution in [0.15, 0.2) is 59.9 Å². The van der Waals surface area contributed by atoms with Crippen LogP contribution >= 0.6 is 11.8 Å². The highest BCUT2D eigenvalue weighted by Crippen LogP contribution is 2.26. The first-order valence-electron chi connectivity index (χ1n) is 10.6. The molecule has 7 nitrogen and oxygen atoms in total. The fourth-order valence-electron chi connectivity index (χ4n) is 3.80. The minimum absolute atomic E-state index is 0.277. The number of hydrogen-bond acceptors (Lipinski definition) is 6. The molecule has 1 fully saturated rings. The molecule has 0 bridgehead atoms. The molecule has 1 amide bonds. The van der Waals surface area contributed by atoms with Crippen molar-refractivity contribution in [3.05, 3.63) is 66.0 Å². The number of benzene rings is 2. The molecule has 2 heterocycles. The van der Waals surface area contributed by atoms with Crippen molar-refractivity contribution in [2.24, 2.45) is 0 Å². The van der Waals surface area contributed by atoms with Gasteiger partial charge in [0.05, 0.1) is 6.20 Å². The predicted octanol–water partition coefficient (Wildman–Crippen LogP) is 4.30. The minimum Gasteiger partial charge on any atom is -0.451 e. The molecule has 1 aliphatic rings. The van der Waals surface area contributed by atoms with Crippen LogP contribution in [0, 0.1) is 6.92 Å². The summed E-state index contributed by atoms with van der Waals surface area (Å²) in [6, 6.07) is 15.5. The van der Waals surface area contributed by atoms with Gasteiger partial charge in [0.1, 0.15) is 0 Å². The van der Waals surface area contributed by atoms with Crippen LogP contribution in [0.4, 0.5) is 11.4 Å². The molecule has 0 radical (unpaired) electrons. The number of para-hydroxylation sites is 1. The molecular weight excluding hydrogens is 424 g/mol. The van der Waals surface area contributed by atoms with Gasteiger partial charge in [-0.1, -0.05) is 30.0 Å². The number of rotatable bonds is 7. The summed E-state index contributed by atoms with van der Waals surface area (Å²) in [5.74, 6) is -0.982. The van der Waals surface area contributed by atoms with Gasteiger partial charge in [-0.3, -0.25) is 9.36 Å². The molecule has 0 unspecified atom stereocenters. The Labute approximate surface area is 191 Å². The molecule has 0 atom stereocenters. The summed E-state index contributed by atoms with van der Waals surface area (Å²) in [4.78, 5) is 31.8. The molecule has 166 valence electrons. The minimum atomic E-state index is -0.599. The van der Waals surface area contributed by atoms with E-state index in [0.717, 1.165) is 24.3 Å². The van der Waals surface area contributed by atoms with E-state index in [1.54, 1.807) is 4.57 Å². The zero-order valence-corrected chi connectivity index (χ0v) is 19.0. The number of thioether (sulfide) groups is 1. The highest BCUT2D eigenvalue weighted by atomic mass is 32.2. The van der Waals surface area contributed by atoms with E-state index < -0.39 is 5.97 Å². The molecule has 32 heavy (non-hydrogen) atoms. The topological polar surface area (TPSA) is 76.5 Å². The first-order valence-corrected chi connectivity index (χ1v) is 11.8. The second-order valence-electron chi connectivity index (χ2n) is 7.62. The van der Waals surface area contributed by atoms with E-state index in [-0.39, 0.29) is 18.2 Å². The zero-order chi connectivity index (χ0) is 22.5. The number of aryl methyl sites for hydroxylation is 1. The Hall–Kier alpha value is -3.26. The van der Waals surface area contributed by atoms with Gasteiger partial charge in [-0.2, -0.15) is 0 Å². The first kappa shape index (κ1) is 22.0. The van der Waals surface area contributed by atoms with E-state index in [1.165, 1.54) is 36.5 Å². The van der Waals surface area contributed by atoms with Gasteiger partial charge < -0.3 is 15.0 Å². The number of esters is 1. The predicted molar refractivity (Wildman–Crippen MR) is 127 cm³/mol. The molecule has 1 aromatic heterocycles. The Kier molecular flexibility index (Phi) is 6.80. The number of aromatic nitrogens is 2. The number of amides is 1. The molecule has 1 aliphatic heterocycles. The monoisotopic (exact) mass is 450 g/mol. The number of hydrogen-bond donors (Lipinski definition) is 1. The third-order valence-electron chi connectivity index (χ3n) is 5.43. The van der Waals surface area contributed by atoms with Crippen molar-refractivity contribution in [3.63, 3.8) is 0 Å². The van der Waals surface area contributed by atoms with Crippen LogP contribution < -0.4 is 10.2 Å². The number of anilines is 2. The number of carbonyl (C=O) groups is 2. The van der Waals surface area contributed by atoms with Gasteiger partial charge >= 0.3 is 5.97 Å². The molecule has 0 spiro atoms. The van der Waals surface area contributed by atoms with Crippen LogP contribution in [-0.4, -0.2) is 47.4 Å². The summed E-state index contributed by atoms with van der Waals surface area (Å²) in [6.45, 7) is 3.72. The van der Waals surface area contributed by atoms with Crippen molar-refractivity contribution < 1.29 is 14.3 Å². The third-order valence-corrected chi connectivity index (χ3v) is 6.08. The van der Waals surface area contributed by atoms with E-state index in [0.29, 0.717) is 10.8 Å². The maximum Gasteiger partial charge on any atom is 0.357 e. The molecular formula is C24H26N4O3S. The van der Waals surface area contributed by atoms with Gasteiger partial charge in [-0.25, -0.2) is 9.78 Å². The van der Waals surface area contributed by atoms with Crippen LogP contribution in [0.1, 0.15) is 28.9 Å². The quantitative estimate of drug-likeness (QED) is 0.427. The SMILES string of the molecule is CSc1ncc(C(=O)OCC(=O)Nc2ccc(N3CCCC3)cc2C)n1-c1ccccc1. The standard InChI is InChI=1S/C24H26N4O3S/c1-17-14-19(27-12-6-7-13-27)10-11-20(17)26-22(29)16-31-23(30)21-15-25-24(32-2)28(21)18-8-4-3-5-9-18/h3-5,8-11,14-15H,6-7,12-13,16H2,1-2H3,(H,26,29). The Bertz CT molecular complexity index is 1110. The van der Waals surface area contributed by atoms with E-state index in [2.05, 4.69) is 21.3 Å². The Morgan fingerprint density at radius 3 is 2.53 bits per heavy atom. The van der Waals surface area contributed by atoms with Gasteiger partial charge in [-0.15, -0.1) is 0 Å². The van der Waals surface area contributed by atoms with Gasteiger partial charge in [0.15, 0.2) is 17.5 Å². The van der Waals surface area contributed by atoms with Crippen molar-refractivity contribution in [1.29, 1.82) is 0 Å². The molecule has 1 saturated heterocycles. The lowest BCUT2D eigenvalue weighted by Crippen LogP contribution is -2.22. The Morgan fingerprint density at radius 2 is 1.84 bits per heavy atom. The van der Waals surface area contributed by atoms with Crippen molar-refractivity contribution in [3.8, 4) is 5.69 Å². The second kappa shape index (κ2) is 9.91. The van der Waals surface area contributed by atoms with Crippen molar-refractivity contribution in [2.45, 2.75) is 24.9 Å². The van der Waals surface area contributed by atoms with Crippen LogP contribution in [0.5, 0.6) is 0 Å². The lowest BCUT2D eigenvalue weighted by molar-refractivity contribution is -0.119. The van der Waals surface area contributed by atoms with Crippen molar-refractivity contribution in [2.75, 3.05) is 36.2 Å². The van der Waals surface area contributed by atoms with E-state index >= 15 is 0 Å². The summed E-state index contributed by atoms with van der Waals surface area (Å²) in [5.41, 5.74) is 3.94. The summed E-state index contributed by atoms with van der Waals surface area (Å²) in [6.07, 6.45) is 5.79. The van der Waals surface area contributed by atoms with Crippen molar-refractivity contribution >= 4 is 35.0 Å². The van der Waals surface area contributed by atoms with Gasteiger partial charge in [-0.05, 0) is 61.9 Å². The molecule has 8 heteroatoms. The number of nitrogens with one attached hydrogen (secondary N) is 1. The van der Waals surface area contributed by atoms with Gasteiger partial charge in [0.2, 0.25) is 0 Å². The Morgan fingerprint density at radius 1 is 1.09 bits per heavy atom. The maximum atomic E-state index is 12.7. The van der Waals surface area contributed by atoms with Crippen LogP contribution in [0.25, 0.3) is 5.69 Å². The van der Waals surface area contributed by atoms with E-state index in [4.69, 9.17) is 4.74 Å². The average molecular weight is 451 g/mol. The summed E-state index contributed by atoms with van der Waals surface area (Å²) >= 11 is 1.43. The van der Waals surface area contributed by atoms with Crippen LogP contribution in [-0.2, 0) is 9.53 Å². The molecule has 0 saturated carbocycles. The summed E-state index contributed by atoms with van der Waals surface area (Å²) < 4.78 is 7.03. The van der Waals surface area contributed by atoms with E-state index in [9.17, 15) is 9.59 Å². The van der Waals surface area contributed by atoms with Gasteiger partial charge in [0, 0.05) is 30.2 Å². The largest absolute Gasteiger partial charge is 0.451 e. The molecule has 3 aromatic rings. The van der Waals surface area contributed by atoms with Crippen molar-refractivity contribution in [1.82, 2.24) is 9.55 Å². The number of nitrogens with zero attached hydrogens (tertiary/aromatic N) is 3. The smallest absolute Gasteiger partial charge is 0.357 e. The fraction of sp³-hybridized carbons (Fsp3) is 0.292. The fourth-order valence-corrected chi connectivity index (χ4v) is 4.35. The molecule has 2 aromatic carbocycles. The highest BCUT2D eigenvalue weighted by Gasteiger charge is 2.20. The number of imidazole rings is 1. The Balaban J connectivity index is 1.40. The second-order valence-corrected chi connectivity index (χ2v) is 8.39.